The van der Waals surface area contributed by atoms with Crippen LogP contribution in [-0.4, -0.2) is 66.8 Å². The van der Waals surface area contributed by atoms with Crippen LogP contribution in [0.5, 0.6) is 0 Å². The lowest BCUT2D eigenvalue weighted by Gasteiger charge is -2.31. The summed E-state index contributed by atoms with van der Waals surface area (Å²) in [5.41, 5.74) is 0. The van der Waals surface area contributed by atoms with E-state index in [1.54, 1.807) is 19.1 Å². The van der Waals surface area contributed by atoms with Gasteiger partial charge in [-0.3, -0.25) is 0 Å². The van der Waals surface area contributed by atoms with Crippen LogP contribution in [0.2, 0.25) is 0 Å². The van der Waals surface area contributed by atoms with Gasteiger partial charge in [0.1, 0.15) is 6.04 Å². The minimum absolute atomic E-state index is 0.189. The first-order valence-corrected chi connectivity index (χ1v) is 6.81. The van der Waals surface area contributed by atoms with E-state index in [1.807, 2.05) is 0 Å². The summed E-state index contributed by atoms with van der Waals surface area (Å²) in [6, 6.07) is -0.870. The average molecular weight is 272 g/mol. The zero-order chi connectivity index (χ0) is 14.3. The van der Waals surface area contributed by atoms with Gasteiger partial charge < -0.3 is 19.6 Å². The van der Waals surface area contributed by atoms with E-state index >= 15 is 0 Å². The predicted octanol–water partition coefficient (Wildman–Crippen LogP) is 1.40. The zero-order valence-electron chi connectivity index (χ0n) is 11.8. The largest absolute Gasteiger partial charge is 0.480 e. The fraction of sp³-hybridized carbons (Fsp3) is 0.846. The molecule has 110 valence electrons. The summed E-state index contributed by atoms with van der Waals surface area (Å²) in [7, 11) is 3.33. The molecule has 0 aliphatic carbocycles. The quantitative estimate of drug-likeness (QED) is 0.768. The van der Waals surface area contributed by atoms with Gasteiger partial charge in [-0.2, -0.15) is 0 Å². The second-order valence-corrected chi connectivity index (χ2v) is 4.95. The lowest BCUT2D eigenvalue weighted by molar-refractivity contribution is -0.142. The molecule has 1 atom stereocenters. The van der Waals surface area contributed by atoms with Gasteiger partial charge in [0.2, 0.25) is 0 Å². The first kappa shape index (κ1) is 15.8. The number of ether oxygens (including phenoxy) is 1. The molecule has 0 radical (unpaired) electrons. The fourth-order valence-corrected chi connectivity index (χ4v) is 2.36. The molecule has 0 saturated carbocycles. The van der Waals surface area contributed by atoms with E-state index in [4.69, 9.17) is 4.74 Å². The number of carbonyl (C=O) groups excluding carboxylic acids is 1. The number of urea groups is 1. The number of aliphatic carboxylic acids is 1. The van der Waals surface area contributed by atoms with Crippen LogP contribution in [0.25, 0.3) is 0 Å². The molecule has 1 rings (SSSR count). The number of likely N-dealkylation sites (tertiary alicyclic amines) is 1. The van der Waals surface area contributed by atoms with Gasteiger partial charge in [-0.15, -0.1) is 0 Å². The lowest BCUT2D eigenvalue weighted by Crippen LogP contribution is -2.50. The van der Waals surface area contributed by atoms with E-state index in [0.717, 1.165) is 25.7 Å². The minimum atomic E-state index is -0.902. The number of nitrogens with zero attached hydrogens (tertiary/aromatic N) is 2. The molecule has 0 bridgehead atoms. The third kappa shape index (κ3) is 4.70. The Hall–Kier alpha value is -1.30. The Bertz CT molecular complexity index is 309. The Morgan fingerprint density at radius 2 is 2.11 bits per heavy atom. The number of carboxylic acids is 1. The molecule has 1 fully saturated rings. The van der Waals surface area contributed by atoms with E-state index in [9.17, 15) is 14.7 Å². The average Bonchev–Trinajstić information content (AvgIpc) is 2.63. The Morgan fingerprint density at radius 1 is 1.37 bits per heavy atom. The summed E-state index contributed by atoms with van der Waals surface area (Å²) in [6.45, 7) is 1.71. The molecule has 2 amide bonds. The number of hydrogen-bond acceptors (Lipinski definition) is 3. The van der Waals surface area contributed by atoms with Crippen LogP contribution in [0, 0.1) is 0 Å². The molecule has 6 heteroatoms. The SMILES string of the molecule is COCCCN(C)C(=O)N1CCCCCC1C(=O)O. The molecule has 19 heavy (non-hydrogen) atoms. The number of carbonyl (C=O) groups is 2. The van der Waals surface area contributed by atoms with Gasteiger partial charge in [0.05, 0.1) is 0 Å². The Morgan fingerprint density at radius 3 is 2.74 bits per heavy atom. The molecule has 1 saturated heterocycles. The predicted molar refractivity (Wildman–Crippen MR) is 71.1 cm³/mol. The maximum absolute atomic E-state index is 12.3. The Balaban J connectivity index is 2.61. The molecular weight excluding hydrogens is 248 g/mol. The van der Waals surface area contributed by atoms with Gasteiger partial charge in [0.25, 0.3) is 0 Å². The van der Waals surface area contributed by atoms with E-state index in [0.29, 0.717) is 26.1 Å². The fourth-order valence-electron chi connectivity index (χ4n) is 2.36. The highest BCUT2D eigenvalue weighted by molar-refractivity contribution is 5.82. The Kier molecular flexibility index (Phi) is 6.62. The van der Waals surface area contributed by atoms with Crippen LogP contribution in [0.15, 0.2) is 0 Å². The van der Waals surface area contributed by atoms with Gasteiger partial charge in [0.15, 0.2) is 0 Å². The second-order valence-electron chi connectivity index (χ2n) is 4.95. The summed E-state index contributed by atoms with van der Waals surface area (Å²) in [5, 5.41) is 9.25. The van der Waals surface area contributed by atoms with Crippen molar-refractivity contribution in [1.29, 1.82) is 0 Å². The molecule has 1 unspecified atom stereocenters. The highest BCUT2D eigenvalue weighted by atomic mass is 16.5. The first-order chi connectivity index (χ1) is 9.07. The van der Waals surface area contributed by atoms with Crippen LogP contribution < -0.4 is 0 Å². The number of carboxylic acid groups (broad SMARTS) is 1. The zero-order valence-corrected chi connectivity index (χ0v) is 11.8. The summed E-state index contributed by atoms with van der Waals surface area (Å²) in [6.07, 6.45) is 4.04. The first-order valence-electron chi connectivity index (χ1n) is 6.81. The van der Waals surface area contributed by atoms with Gasteiger partial charge >= 0.3 is 12.0 Å². The molecule has 0 aromatic rings. The third-order valence-electron chi connectivity index (χ3n) is 3.45. The smallest absolute Gasteiger partial charge is 0.326 e. The lowest BCUT2D eigenvalue weighted by atomic mass is 10.1. The number of rotatable bonds is 5. The van der Waals surface area contributed by atoms with E-state index in [2.05, 4.69) is 0 Å². The molecule has 1 aliphatic heterocycles. The molecular formula is C13H24N2O4. The van der Waals surface area contributed by atoms with Crippen molar-refractivity contribution in [2.75, 3.05) is 33.9 Å². The molecule has 6 nitrogen and oxygen atoms in total. The van der Waals surface area contributed by atoms with Crippen LogP contribution >= 0.6 is 0 Å². The van der Waals surface area contributed by atoms with E-state index in [1.165, 1.54) is 4.90 Å². The van der Waals surface area contributed by atoms with Crippen molar-refractivity contribution in [3.8, 4) is 0 Å². The molecule has 1 N–H and O–H groups in total. The van der Waals surface area contributed by atoms with Crippen LogP contribution in [0.3, 0.4) is 0 Å². The summed E-state index contributed by atoms with van der Waals surface area (Å²) in [4.78, 5) is 26.7. The maximum Gasteiger partial charge on any atom is 0.326 e. The third-order valence-corrected chi connectivity index (χ3v) is 3.45. The highest BCUT2D eigenvalue weighted by Crippen LogP contribution is 2.18. The van der Waals surface area contributed by atoms with Crippen molar-refractivity contribution in [2.24, 2.45) is 0 Å². The molecule has 0 aromatic carbocycles. The van der Waals surface area contributed by atoms with Gasteiger partial charge in [-0.05, 0) is 19.3 Å². The normalized spacial score (nSPS) is 19.9. The van der Waals surface area contributed by atoms with Gasteiger partial charge in [-0.1, -0.05) is 12.8 Å². The van der Waals surface area contributed by atoms with E-state index in [-0.39, 0.29) is 6.03 Å². The molecule has 1 aliphatic rings. The highest BCUT2D eigenvalue weighted by Gasteiger charge is 2.32. The molecule has 0 aromatic heterocycles. The summed E-state index contributed by atoms with van der Waals surface area (Å²) >= 11 is 0. The van der Waals surface area contributed by atoms with Gasteiger partial charge in [0, 0.05) is 33.9 Å². The van der Waals surface area contributed by atoms with Gasteiger partial charge in [-0.25, -0.2) is 9.59 Å². The van der Waals surface area contributed by atoms with Crippen molar-refractivity contribution in [3.63, 3.8) is 0 Å². The Labute approximate surface area is 114 Å². The second kappa shape index (κ2) is 7.99. The van der Waals surface area contributed by atoms with Crippen molar-refractivity contribution in [3.05, 3.63) is 0 Å². The number of methoxy groups -OCH3 is 1. The number of hydrogen-bond donors (Lipinski definition) is 1. The topological polar surface area (TPSA) is 70.1 Å². The van der Waals surface area contributed by atoms with Crippen molar-refractivity contribution in [2.45, 2.75) is 38.1 Å². The molecule has 1 heterocycles. The van der Waals surface area contributed by atoms with Crippen molar-refractivity contribution in [1.82, 2.24) is 9.80 Å². The van der Waals surface area contributed by atoms with Crippen LogP contribution in [0.1, 0.15) is 32.1 Å². The van der Waals surface area contributed by atoms with Crippen LogP contribution in [0.4, 0.5) is 4.79 Å². The van der Waals surface area contributed by atoms with Crippen LogP contribution in [-0.2, 0) is 9.53 Å². The monoisotopic (exact) mass is 272 g/mol. The maximum atomic E-state index is 12.3. The minimum Gasteiger partial charge on any atom is -0.480 e. The van der Waals surface area contributed by atoms with Crippen molar-refractivity contribution < 1.29 is 19.4 Å². The van der Waals surface area contributed by atoms with Crippen molar-refractivity contribution >= 4 is 12.0 Å². The number of amides is 2. The standard InChI is InChI=1S/C13H24N2O4/c1-14(8-6-10-19-2)13(18)15-9-5-3-4-7-11(15)12(16)17/h11H,3-10H2,1-2H3,(H,16,17). The summed E-state index contributed by atoms with van der Waals surface area (Å²) in [5.74, 6) is -0.902. The van der Waals surface area contributed by atoms with E-state index < -0.39 is 12.0 Å². The molecule has 0 spiro atoms. The summed E-state index contributed by atoms with van der Waals surface area (Å²) < 4.78 is 4.95.